The number of thiophene rings is 1. The second-order valence-corrected chi connectivity index (χ2v) is 10.1. The van der Waals surface area contributed by atoms with Gasteiger partial charge in [0.05, 0.1) is 0 Å². The third-order valence-corrected chi connectivity index (χ3v) is 7.89. The van der Waals surface area contributed by atoms with Crippen LogP contribution in [0.15, 0.2) is 72.1 Å². The van der Waals surface area contributed by atoms with Gasteiger partial charge in [0.25, 0.3) is 5.91 Å². The lowest BCUT2D eigenvalue weighted by molar-refractivity contribution is 0.0411. The number of ether oxygens (including phenoxy) is 1. The van der Waals surface area contributed by atoms with E-state index in [-0.39, 0.29) is 17.6 Å². The highest BCUT2D eigenvalue weighted by molar-refractivity contribution is 7.10. The van der Waals surface area contributed by atoms with E-state index in [0.29, 0.717) is 5.56 Å². The first-order valence-corrected chi connectivity index (χ1v) is 12.9. The number of amides is 1. The molecule has 4 rings (SSSR count). The summed E-state index contributed by atoms with van der Waals surface area (Å²) in [5.74, 6) is 0.818. The maximum atomic E-state index is 13.4. The topological polar surface area (TPSA) is 44.8 Å². The van der Waals surface area contributed by atoms with Gasteiger partial charge in [0, 0.05) is 35.5 Å². The molecular weight excluding hydrogens is 442 g/mol. The maximum Gasteiger partial charge on any atom is 0.253 e. The van der Waals surface area contributed by atoms with Crippen LogP contribution in [0, 0.1) is 0 Å². The summed E-state index contributed by atoms with van der Waals surface area (Å²) < 4.78 is 6.35. The van der Waals surface area contributed by atoms with Crippen LogP contribution in [-0.4, -0.2) is 56.5 Å². The molecule has 2 aromatic carbocycles. The van der Waals surface area contributed by atoms with Crippen LogP contribution < -0.4 is 10.1 Å². The minimum Gasteiger partial charge on any atom is -0.485 e. The van der Waals surface area contributed by atoms with Crippen LogP contribution in [0.25, 0.3) is 0 Å². The van der Waals surface area contributed by atoms with Crippen LogP contribution >= 0.6 is 11.3 Å². The molecule has 1 aliphatic rings. The summed E-state index contributed by atoms with van der Waals surface area (Å²) in [6, 6.07) is 22.5. The van der Waals surface area contributed by atoms with Gasteiger partial charge in [-0.15, -0.1) is 11.3 Å². The standard InChI is InChI=1S/C28H35N3O2S/c1-29-17-14-25(26-13-8-20-34-26)33-24-12-7-9-22(21-24)27(32)31-18-15-28(16-19-31,30(2)3)23-10-5-4-6-11-23/h4-13,20-21,25,29H,14-19H2,1-3H3. The summed E-state index contributed by atoms with van der Waals surface area (Å²) in [6.07, 6.45) is 2.67. The third kappa shape index (κ3) is 5.35. The molecule has 1 aromatic heterocycles. The van der Waals surface area contributed by atoms with Gasteiger partial charge in [-0.25, -0.2) is 0 Å². The Bertz CT molecular complexity index is 1040. The van der Waals surface area contributed by atoms with Crippen LogP contribution in [0.5, 0.6) is 5.75 Å². The zero-order valence-corrected chi connectivity index (χ0v) is 21.2. The highest BCUT2D eigenvalue weighted by Crippen LogP contribution is 2.37. The largest absolute Gasteiger partial charge is 0.485 e. The van der Waals surface area contributed by atoms with Gasteiger partial charge in [-0.2, -0.15) is 0 Å². The molecule has 0 aliphatic carbocycles. The predicted molar refractivity (Wildman–Crippen MR) is 140 cm³/mol. The van der Waals surface area contributed by atoms with Crippen LogP contribution in [-0.2, 0) is 5.54 Å². The summed E-state index contributed by atoms with van der Waals surface area (Å²) in [5, 5.41) is 5.28. The molecule has 2 heterocycles. The van der Waals surface area contributed by atoms with Crippen molar-refractivity contribution in [3.05, 3.63) is 88.1 Å². The van der Waals surface area contributed by atoms with Crippen molar-refractivity contribution in [3.8, 4) is 5.75 Å². The molecule has 1 N–H and O–H groups in total. The van der Waals surface area contributed by atoms with E-state index in [0.717, 1.165) is 44.6 Å². The summed E-state index contributed by atoms with van der Waals surface area (Å²) in [6.45, 7) is 2.33. The van der Waals surface area contributed by atoms with Crippen molar-refractivity contribution >= 4 is 17.2 Å². The average molecular weight is 478 g/mol. The second-order valence-electron chi connectivity index (χ2n) is 9.13. The first-order valence-electron chi connectivity index (χ1n) is 12.0. The fraction of sp³-hybridized carbons (Fsp3) is 0.393. The number of carbonyl (C=O) groups excluding carboxylic acids is 1. The second kappa shape index (κ2) is 11.2. The first-order chi connectivity index (χ1) is 16.5. The van der Waals surface area contributed by atoms with Gasteiger partial charge in [0.1, 0.15) is 11.9 Å². The Morgan fingerprint density at radius 2 is 1.85 bits per heavy atom. The zero-order chi connectivity index (χ0) is 24.0. The number of nitrogens with zero attached hydrogens (tertiary/aromatic N) is 2. The molecule has 0 saturated carbocycles. The van der Waals surface area contributed by atoms with Gasteiger partial charge in [-0.3, -0.25) is 9.69 Å². The lowest BCUT2D eigenvalue weighted by Gasteiger charge is -2.46. The predicted octanol–water partition coefficient (Wildman–Crippen LogP) is 5.17. The highest BCUT2D eigenvalue weighted by atomic mass is 32.1. The highest BCUT2D eigenvalue weighted by Gasteiger charge is 2.39. The van der Waals surface area contributed by atoms with E-state index >= 15 is 0 Å². The normalized spacial score (nSPS) is 16.4. The lowest BCUT2D eigenvalue weighted by atomic mass is 9.79. The Morgan fingerprint density at radius 3 is 2.50 bits per heavy atom. The minimum atomic E-state index is -0.0375. The Balaban J connectivity index is 1.45. The molecule has 1 unspecified atom stereocenters. The monoisotopic (exact) mass is 477 g/mol. The number of rotatable bonds is 9. The van der Waals surface area contributed by atoms with Gasteiger partial charge in [-0.05, 0) is 75.7 Å². The van der Waals surface area contributed by atoms with E-state index in [9.17, 15) is 4.79 Å². The van der Waals surface area contributed by atoms with Crippen molar-refractivity contribution in [3.63, 3.8) is 0 Å². The van der Waals surface area contributed by atoms with E-state index in [4.69, 9.17) is 4.74 Å². The van der Waals surface area contributed by atoms with E-state index in [1.165, 1.54) is 10.4 Å². The number of hydrogen-bond donors (Lipinski definition) is 1. The molecule has 1 fully saturated rings. The van der Waals surface area contributed by atoms with Gasteiger partial charge < -0.3 is 15.0 Å². The fourth-order valence-corrected chi connectivity index (χ4v) is 5.67. The van der Waals surface area contributed by atoms with E-state index in [2.05, 4.69) is 72.2 Å². The summed E-state index contributed by atoms with van der Waals surface area (Å²) in [5.41, 5.74) is 1.97. The number of piperidine rings is 1. The van der Waals surface area contributed by atoms with Crippen LogP contribution in [0.2, 0.25) is 0 Å². The molecule has 1 atom stereocenters. The molecule has 1 aliphatic heterocycles. The van der Waals surface area contributed by atoms with Gasteiger partial charge in [0.2, 0.25) is 0 Å². The number of likely N-dealkylation sites (tertiary alicyclic amines) is 1. The SMILES string of the molecule is CNCCC(Oc1cccc(C(=O)N2CCC(c3ccccc3)(N(C)C)CC2)c1)c1cccs1. The van der Waals surface area contributed by atoms with Crippen molar-refractivity contribution in [1.82, 2.24) is 15.1 Å². The fourth-order valence-electron chi connectivity index (χ4n) is 4.88. The zero-order valence-electron chi connectivity index (χ0n) is 20.4. The molecule has 0 spiro atoms. The minimum absolute atomic E-state index is 0.0284. The van der Waals surface area contributed by atoms with Crippen molar-refractivity contribution in [2.45, 2.75) is 30.9 Å². The molecule has 34 heavy (non-hydrogen) atoms. The molecule has 180 valence electrons. The Labute approximate surface area is 207 Å². The van der Waals surface area contributed by atoms with Crippen molar-refractivity contribution in [2.24, 2.45) is 0 Å². The van der Waals surface area contributed by atoms with Crippen molar-refractivity contribution in [2.75, 3.05) is 40.8 Å². The van der Waals surface area contributed by atoms with Crippen LogP contribution in [0.1, 0.15) is 46.2 Å². The quantitative estimate of drug-likeness (QED) is 0.462. The van der Waals surface area contributed by atoms with Crippen LogP contribution in [0.3, 0.4) is 0 Å². The molecule has 6 heteroatoms. The van der Waals surface area contributed by atoms with Gasteiger partial charge in [-0.1, -0.05) is 42.5 Å². The number of nitrogens with one attached hydrogen (secondary N) is 1. The Kier molecular flexibility index (Phi) is 8.03. The van der Waals surface area contributed by atoms with Crippen molar-refractivity contribution in [1.29, 1.82) is 0 Å². The maximum absolute atomic E-state index is 13.4. The van der Waals surface area contributed by atoms with Gasteiger partial charge >= 0.3 is 0 Å². The summed E-state index contributed by atoms with van der Waals surface area (Å²) >= 11 is 1.70. The molecule has 0 bridgehead atoms. The smallest absolute Gasteiger partial charge is 0.253 e. The average Bonchev–Trinajstić information content (AvgIpc) is 3.42. The number of carbonyl (C=O) groups is 1. The molecule has 5 nitrogen and oxygen atoms in total. The van der Waals surface area contributed by atoms with Crippen LogP contribution in [0.4, 0.5) is 0 Å². The third-order valence-electron chi connectivity index (χ3n) is 6.92. The van der Waals surface area contributed by atoms with E-state index in [1.54, 1.807) is 11.3 Å². The Hall–Kier alpha value is -2.67. The van der Waals surface area contributed by atoms with E-state index in [1.807, 2.05) is 36.2 Å². The molecule has 1 amide bonds. The van der Waals surface area contributed by atoms with Gasteiger partial charge in [0.15, 0.2) is 0 Å². The first kappa shape index (κ1) is 24.5. The number of hydrogen-bond acceptors (Lipinski definition) is 5. The Morgan fingerprint density at radius 1 is 1.09 bits per heavy atom. The summed E-state index contributed by atoms with van der Waals surface area (Å²) in [4.78, 5) is 18.9. The van der Waals surface area contributed by atoms with Crippen molar-refractivity contribution < 1.29 is 9.53 Å². The molecule has 3 aromatic rings. The lowest BCUT2D eigenvalue weighted by Crippen LogP contribution is -2.51. The summed E-state index contributed by atoms with van der Waals surface area (Å²) in [7, 11) is 6.24. The molecular formula is C28H35N3O2S. The molecule has 1 saturated heterocycles. The molecule has 0 radical (unpaired) electrons. The number of benzene rings is 2. The van der Waals surface area contributed by atoms with E-state index < -0.39 is 0 Å².